The molecule has 0 radical (unpaired) electrons. The largest absolute Gasteiger partial charge is 0.462 e. The number of ether oxygens (including phenoxy) is 2. The molecule has 0 saturated heterocycles. The average Bonchev–Trinajstić information content (AvgIpc) is 3.03. The predicted octanol–water partition coefficient (Wildman–Crippen LogP) is 4.05. The zero-order chi connectivity index (χ0) is 16.7. The van der Waals surface area contributed by atoms with E-state index in [1.165, 1.54) is 12.1 Å². The Balaban J connectivity index is 2.03. The molecule has 0 unspecified atom stereocenters. The number of furan rings is 1. The second-order valence-electron chi connectivity index (χ2n) is 4.33. The van der Waals surface area contributed by atoms with E-state index >= 15 is 0 Å². The third-order valence-electron chi connectivity index (χ3n) is 2.71. The van der Waals surface area contributed by atoms with Gasteiger partial charge in [-0.25, -0.2) is 9.59 Å². The molecular weight excluding hydrogens is 300 g/mol. The standard InChI is InChI=1S/C16H16N2O5/c1-3-21-15(19)11-5-7-12(8-6-11)17-18-14-10-9-13(23-14)16(20)22-4-2/h5-10H,3-4H2,1-2H3. The minimum atomic E-state index is -0.548. The minimum absolute atomic E-state index is 0.0680. The van der Waals surface area contributed by atoms with Gasteiger partial charge in [-0.1, -0.05) is 0 Å². The average molecular weight is 316 g/mol. The van der Waals surface area contributed by atoms with E-state index in [1.54, 1.807) is 38.1 Å². The lowest BCUT2D eigenvalue weighted by Gasteiger charge is -2.00. The quantitative estimate of drug-likeness (QED) is 0.592. The van der Waals surface area contributed by atoms with Crippen LogP contribution in [0.15, 0.2) is 51.0 Å². The Morgan fingerprint density at radius 2 is 1.57 bits per heavy atom. The lowest BCUT2D eigenvalue weighted by molar-refractivity contribution is 0.0489. The molecule has 0 aliphatic rings. The molecule has 1 heterocycles. The number of hydrogen-bond donors (Lipinski definition) is 0. The van der Waals surface area contributed by atoms with Crippen LogP contribution in [0.25, 0.3) is 0 Å². The smallest absolute Gasteiger partial charge is 0.374 e. The highest BCUT2D eigenvalue weighted by atomic mass is 16.5. The third-order valence-corrected chi connectivity index (χ3v) is 2.71. The molecule has 1 aromatic heterocycles. The molecule has 2 aromatic rings. The second kappa shape index (κ2) is 7.88. The number of carbonyl (C=O) groups is 2. The van der Waals surface area contributed by atoms with Crippen LogP contribution in [0.4, 0.5) is 11.6 Å². The number of azo groups is 1. The summed E-state index contributed by atoms with van der Waals surface area (Å²) >= 11 is 0. The molecule has 120 valence electrons. The van der Waals surface area contributed by atoms with Crippen LogP contribution in [0.3, 0.4) is 0 Å². The lowest BCUT2D eigenvalue weighted by Crippen LogP contribution is -2.03. The van der Waals surface area contributed by atoms with Crippen LogP contribution in [-0.2, 0) is 9.47 Å². The molecule has 0 aliphatic carbocycles. The molecule has 0 N–H and O–H groups in total. The van der Waals surface area contributed by atoms with Crippen LogP contribution in [0, 0.1) is 0 Å². The molecule has 0 atom stereocenters. The first-order valence-electron chi connectivity index (χ1n) is 7.10. The monoisotopic (exact) mass is 316 g/mol. The summed E-state index contributed by atoms with van der Waals surface area (Å²) in [6.45, 7) is 4.04. The molecule has 0 amide bonds. The number of benzene rings is 1. The summed E-state index contributed by atoms with van der Waals surface area (Å²) in [6, 6.07) is 9.44. The van der Waals surface area contributed by atoms with E-state index in [0.29, 0.717) is 17.9 Å². The number of esters is 2. The third kappa shape index (κ3) is 4.50. The molecule has 1 aromatic carbocycles. The van der Waals surface area contributed by atoms with Gasteiger partial charge in [-0.15, -0.1) is 10.2 Å². The van der Waals surface area contributed by atoms with Gasteiger partial charge in [0.2, 0.25) is 11.6 Å². The zero-order valence-corrected chi connectivity index (χ0v) is 12.8. The van der Waals surface area contributed by atoms with Crippen molar-refractivity contribution in [3.8, 4) is 0 Å². The first kappa shape index (κ1) is 16.4. The maximum absolute atomic E-state index is 11.5. The molecule has 0 saturated carbocycles. The van der Waals surface area contributed by atoms with Gasteiger partial charge in [-0.2, -0.15) is 0 Å². The van der Waals surface area contributed by atoms with Crippen molar-refractivity contribution in [2.24, 2.45) is 10.2 Å². The van der Waals surface area contributed by atoms with Crippen LogP contribution in [0.2, 0.25) is 0 Å². The summed E-state index contributed by atoms with van der Waals surface area (Å²) < 4.78 is 14.9. The summed E-state index contributed by atoms with van der Waals surface area (Å²) in [6.07, 6.45) is 0. The summed E-state index contributed by atoms with van der Waals surface area (Å²) in [5, 5.41) is 7.85. The molecule has 7 nitrogen and oxygen atoms in total. The van der Waals surface area contributed by atoms with Gasteiger partial charge in [0.15, 0.2) is 0 Å². The SMILES string of the molecule is CCOC(=O)c1ccc(N=Nc2ccc(C(=O)OCC)o2)cc1. The zero-order valence-electron chi connectivity index (χ0n) is 12.8. The Labute approximate surface area is 132 Å². The van der Waals surface area contributed by atoms with Gasteiger partial charge in [0.25, 0.3) is 0 Å². The summed E-state index contributed by atoms with van der Waals surface area (Å²) in [7, 11) is 0. The van der Waals surface area contributed by atoms with E-state index in [1.807, 2.05) is 0 Å². The van der Waals surface area contributed by atoms with Crippen LogP contribution in [0.5, 0.6) is 0 Å². The summed E-state index contributed by atoms with van der Waals surface area (Å²) in [4.78, 5) is 23.0. The Kier molecular flexibility index (Phi) is 5.62. The molecule has 0 spiro atoms. The highest BCUT2D eigenvalue weighted by Gasteiger charge is 2.11. The van der Waals surface area contributed by atoms with Gasteiger partial charge in [-0.05, 0) is 44.2 Å². The van der Waals surface area contributed by atoms with Crippen LogP contribution in [-0.4, -0.2) is 25.2 Å². The highest BCUT2D eigenvalue weighted by Crippen LogP contribution is 2.21. The first-order valence-corrected chi connectivity index (χ1v) is 7.10. The first-order chi connectivity index (χ1) is 11.1. The molecular formula is C16H16N2O5. The summed E-state index contributed by atoms with van der Waals surface area (Å²) in [5.41, 5.74) is 0.973. The van der Waals surface area contributed by atoms with E-state index in [-0.39, 0.29) is 24.2 Å². The maximum atomic E-state index is 11.5. The lowest BCUT2D eigenvalue weighted by atomic mass is 10.2. The fraction of sp³-hybridized carbons (Fsp3) is 0.250. The Morgan fingerprint density at radius 3 is 2.22 bits per heavy atom. The Morgan fingerprint density at radius 1 is 0.913 bits per heavy atom. The van der Waals surface area contributed by atoms with Crippen LogP contribution < -0.4 is 0 Å². The van der Waals surface area contributed by atoms with Crippen molar-refractivity contribution in [2.45, 2.75) is 13.8 Å². The van der Waals surface area contributed by atoms with Crippen LogP contribution >= 0.6 is 0 Å². The molecule has 23 heavy (non-hydrogen) atoms. The van der Waals surface area contributed by atoms with Gasteiger partial charge >= 0.3 is 11.9 Å². The number of hydrogen-bond acceptors (Lipinski definition) is 7. The topological polar surface area (TPSA) is 90.5 Å². The number of carbonyl (C=O) groups excluding carboxylic acids is 2. The highest BCUT2D eigenvalue weighted by molar-refractivity contribution is 5.89. The second-order valence-corrected chi connectivity index (χ2v) is 4.33. The van der Waals surface area contributed by atoms with Crippen molar-refractivity contribution in [2.75, 3.05) is 13.2 Å². The molecule has 0 aliphatic heterocycles. The Hall–Kier alpha value is -2.96. The van der Waals surface area contributed by atoms with E-state index in [4.69, 9.17) is 13.9 Å². The van der Waals surface area contributed by atoms with Crippen molar-refractivity contribution < 1.29 is 23.5 Å². The maximum Gasteiger partial charge on any atom is 0.374 e. The number of rotatable bonds is 6. The molecule has 2 rings (SSSR count). The van der Waals surface area contributed by atoms with E-state index in [9.17, 15) is 9.59 Å². The van der Waals surface area contributed by atoms with E-state index < -0.39 is 5.97 Å². The molecule has 0 fully saturated rings. The van der Waals surface area contributed by atoms with Gasteiger partial charge < -0.3 is 13.9 Å². The fourth-order valence-corrected chi connectivity index (χ4v) is 1.68. The van der Waals surface area contributed by atoms with Crippen molar-refractivity contribution in [1.29, 1.82) is 0 Å². The summed E-state index contributed by atoms with van der Waals surface area (Å²) in [5.74, 6) is -0.685. The van der Waals surface area contributed by atoms with Crippen LogP contribution in [0.1, 0.15) is 34.8 Å². The van der Waals surface area contributed by atoms with Gasteiger partial charge in [0.1, 0.15) is 0 Å². The fourth-order valence-electron chi connectivity index (χ4n) is 1.68. The molecule has 0 bridgehead atoms. The van der Waals surface area contributed by atoms with Crippen molar-refractivity contribution in [1.82, 2.24) is 0 Å². The van der Waals surface area contributed by atoms with Crippen molar-refractivity contribution in [3.63, 3.8) is 0 Å². The van der Waals surface area contributed by atoms with Crippen molar-refractivity contribution >= 4 is 23.5 Å². The van der Waals surface area contributed by atoms with Gasteiger partial charge in [0, 0.05) is 6.07 Å². The van der Waals surface area contributed by atoms with E-state index in [2.05, 4.69) is 10.2 Å². The Bertz CT molecular complexity index is 704. The normalized spacial score (nSPS) is 10.7. The predicted molar refractivity (Wildman–Crippen MR) is 81.2 cm³/mol. The van der Waals surface area contributed by atoms with Gasteiger partial charge in [0.05, 0.1) is 24.5 Å². The van der Waals surface area contributed by atoms with E-state index in [0.717, 1.165) is 0 Å². The van der Waals surface area contributed by atoms with Crippen molar-refractivity contribution in [3.05, 3.63) is 47.7 Å². The minimum Gasteiger partial charge on any atom is -0.462 e. The van der Waals surface area contributed by atoms with Gasteiger partial charge in [-0.3, -0.25) is 0 Å². The number of nitrogens with zero attached hydrogens (tertiary/aromatic N) is 2. The molecule has 7 heteroatoms.